The number of piperazine rings is 1. The number of carbonyl (C=O) groups excluding carboxylic acids is 2. The van der Waals surface area contributed by atoms with E-state index in [1.807, 2.05) is 24.3 Å². The SMILES string of the molecule is Cn1nc(C(C)(C)NC(=O)[C@@H]2CN(C(=O)OC(C)(C)C)CCN2CC(F)(F)F)c2ccccc21. The third kappa shape index (κ3) is 5.99. The number of amides is 2. The zero-order chi connectivity index (χ0) is 25.5. The molecule has 2 amide bonds. The number of para-hydroxylation sites is 1. The predicted molar refractivity (Wildman–Crippen MR) is 121 cm³/mol. The summed E-state index contributed by atoms with van der Waals surface area (Å²) in [5, 5.41) is 8.25. The van der Waals surface area contributed by atoms with Gasteiger partial charge in [-0.1, -0.05) is 18.2 Å². The number of nitrogens with zero attached hydrogens (tertiary/aromatic N) is 4. The largest absolute Gasteiger partial charge is 0.444 e. The molecular formula is C23H32F3N5O3. The first kappa shape index (κ1) is 25.8. The molecule has 2 aromatic rings. The van der Waals surface area contributed by atoms with Gasteiger partial charge in [0, 0.05) is 32.1 Å². The molecule has 1 N–H and O–H groups in total. The van der Waals surface area contributed by atoms with Crippen molar-refractivity contribution in [1.29, 1.82) is 0 Å². The van der Waals surface area contributed by atoms with Crippen LogP contribution in [-0.2, 0) is 22.1 Å². The van der Waals surface area contributed by atoms with Crippen molar-refractivity contribution >= 4 is 22.9 Å². The van der Waals surface area contributed by atoms with Crippen LogP contribution in [0.5, 0.6) is 0 Å². The van der Waals surface area contributed by atoms with E-state index in [-0.39, 0.29) is 19.6 Å². The molecule has 1 saturated heterocycles. The highest BCUT2D eigenvalue weighted by molar-refractivity contribution is 5.86. The molecule has 1 aliphatic rings. The number of hydrogen-bond donors (Lipinski definition) is 1. The Balaban J connectivity index is 1.85. The van der Waals surface area contributed by atoms with Crippen LogP contribution in [0.25, 0.3) is 10.9 Å². The van der Waals surface area contributed by atoms with E-state index in [1.54, 1.807) is 46.3 Å². The van der Waals surface area contributed by atoms with Gasteiger partial charge >= 0.3 is 12.3 Å². The highest BCUT2D eigenvalue weighted by Gasteiger charge is 2.42. The van der Waals surface area contributed by atoms with Gasteiger partial charge in [0.1, 0.15) is 11.6 Å². The Bertz CT molecular complexity index is 1060. The molecule has 0 aliphatic carbocycles. The van der Waals surface area contributed by atoms with Gasteiger partial charge in [-0.05, 0) is 40.7 Å². The smallest absolute Gasteiger partial charge is 0.410 e. The van der Waals surface area contributed by atoms with E-state index in [1.165, 1.54) is 4.90 Å². The number of aryl methyl sites for hydroxylation is 1. The van der Waals surface area contributed by atoms with Crippen molar-refractivity contribution in [2.24, 2.45) is 7.05 Å². The Labute approximate surface area is 197 Å². The summed E-state index contributed by atoms with van der Waals surface area (Å²) in [5.41, 5.74) is -0.274. The lowest BCUT2D eigenvalue weighted by Crippen LogP contribution is -2.63. The minimum Gasteiger partial charge on any atom is -0.444 e. The van der Waals surface area contributed by atoms with Gasteiger partial charge in [0.25, 0.3) is 0 Å². The lowest BCUT2D eigenvalue weighted by molar-refractivity contribution is -0.160. The highest BCUT2D eigenvalue weighted by atomic mass is 19.4. The average Bonchev–Trinajstić information content (AvgIpc) is 3.03. The number of fused-ring (bicyclic) bond motifs is 1. The van der Waals surface area contributed by atoms with Crippen LogP contribution in [0.1, 0.15) is 40.3 Å². The van der Waals surface area contributed by atoms with E-state index in [2.05, 4.69) is 10.4 Å². The van der Waals surface area contributed by atoms with Crippen LogP contribution in [0.4, 0.5) is 18.0 Å². The second-order valence-electron chi connectivity index (χ2n) is 10.1. The third-order valence-electron chi connectivity index (χ3n) is 5.61. The monoisotopic (exact) mass is 483 g/mol. The number of halogens is 3. The number of nitrogens with one attached hydrogen (secondary N) is 1. The fourth-order valence-corrected chi connectivity index (χ4v) is 4.11. The van der Waals surface area contributed by atoms with Gasteiger partial charge in [0.15, 0.2) is 0 Å². The summed E-state index contributed by atoms with van der Waals surface area (Å²) < 4.78 is 46.8. The van der Waals surface area contributed by atoms with Gasteiger partial charge in [-0.2, -0.15) is 18.3 Å². The van der Waals surface area contributed by atoms with Crippen molar-refractivity contribution < 1.29 is 27.5 Å². The summed E-state index contributed by atoms with van der Waals surface area (Å²) in [5.74, 6) is -0.614. The number of hydrogen-bond acceptors (Lipinski definition) is 5. The molecule has 8 nitrogen and oxygen atoms in total. The molecule has 1 atom stereocenters. The lowest BCUT2D eigenvalue weighted by Gasteiger charge is -2.41. The van der Waals surface area contributed by atoms with Gasteiger partial charge in [-0.25, -0.2) is 4.79 Å². The number of rotatable bonds is 4. The molecule has 0 spiro atoms. The molecule has 0 radical (unpaired) electrons. The van der Waals surface area contributed by atoms with Gasteiger partial charge in [0.05, 0.1) is 23.3 Å². The van der Waals surface area contributed by atoms with Gasteiger partial charge in [0.2, 0.25) is 5.91 Å². The first-order chi connectivity index (χ1) is 15.6. The molecule has 1 fully saturated rings. The Hall–Kier alpha value is -2.82. The van der Waals surface area contributed by atoms with Gasteiger partial charge in [-0.3, -0.25) is 14.4 Å². The molecule has 188 valence electrons. The van der Waals surface area contributed by atoms with Gasteiger partial charge < -0.3 is 15.0 Å². The van der Waals surface area contributed by atoms with Crippen molar-refractivity contribution in [1.82, 2.24) is 24.9 Å². The number of aromatic nitrogens is 2. The fraction of sp³-hybridized carbons (Fsp3) is 0.609. The van der Waals surface area contributed by atoms with Crippen molar-refractivity contribution in [2.75, 3.05) is 26.2 Å². The standard InChI is InChI=1S/C23H32F3N5O3/c1-21(2,3)34-20(33)30-11-12-31(14-23(24,25)26)17(13-30)19(32)27-22(4,5)18-15-9-7-8-10-16(15)29(6)28-18/h7-10,17H,11-14H2,1-6H3,(H,27,32)/t17-/m0/s1. The summed E-state index contributed by atoms with van der Waals surface area (Å²) in [6.45, 7) is 7.07. The van der Waals surface area contributed by atoms with Crippen LogP contribution in [0, 0.1) is 0 Å². The van der Waals surface area contributed by atoms with Crippen molar-refractivity contribution in [3.63, 3.8) is 0 Å². The zero-order valence-corrected chi connectivity index (χ0v) is 20.4. The minimum atomic E-state index is -4.49. The molecule has 3 rings (SSSR count). The number of alkyl halides is 3. The average molecular weight is 484 g/mol. The molecule has 0 unspecified atom stereocenters. The second kappa shape index (κ2) is 9.09. The lowest BCUT2D eigenvalue weighted by atomic mass is 9.96. The maximum atomic E-state index is 13.3. The Kier molecular flexibility index (Phi) is 6.89. The van der Waals surface area contributed by atoms with E-state index in [4.69, 9.17) is 4.74 Å². The first-order valence-corrected chi connectivity index (χ1v) is 11.1. The van der Waals surface area contributed by atoms with Crippen molar-refractivity contribution in [2.45, 2.75) is 58.0 Å². The highest BCUT2D eigenvalue weighted by Crippen LogP contribution is 2.28. The fourth-order valence-electron chi connectivity index (χ4n) is 4.11. The number of ether oxygens (including phenoxy) is 1. The molecule has 11 heteroatoms. The van der Waals surface area contributed by atoms with E-state index < -0.39 is 41.9 Å². The van der Waals surface area contributed by atoms with Crippen LogP contribution >= 0.6 is 0 Å². The Morgan fingerprint density at radius 2 is 1.76 bits per heavy atom. The summed E-state index contributed by atoms with van der Waals surface area (Å²) in [6.07, 6.45) is -5.15. The van der Waals surface area contributed by atoms with Crippen LogP contribution in [0.15, 0.2) is 24.3 Å². The van der Waals surface area contributed by atoms with E-state index in [9.17, 15) is 22.8 Å². The van der Waals surface area contributed by atoms with E-state index in [0.717, 1.165) is 15.8 Å². The minimum absolute atomic E-state index is 0.0308. The molecule has 1 aromatic heterocycles. The van der Waals surface area contributed by atoms with Crippen LogP contribution in [-0.4, -0.2) is 75.6 Å². The Morgan fingerprint density at radius 1 is 1.12 bits per heavy atom. The molecule has 0 saturated carbocycles. The number of carbonyl (C=O) groups is 2. The topological polar surface area (TPSA) is 79.7 Å². The predicted octanol–water partition coefficient (Wildman–Crippen LogP) is 3.41. The Morgan fingerprint density at radius 3 is 2.38 bits per heavy atom. The maximum absolute atomic E-state index is 13.3. The van der Waals surface area contributed by atoms with Crippen molar-refractivity contribution in [3.8, 4) is 0 Å². The summed E-state index contributed by atoms with van der Waals surface area (Å²) >= 11 is 0. The van der Waals surface area contributed by atoms with E-state index >= 15 is 0 Å². The first-order valence-electron chi connectivity index (χ1n) is 11.1. The molecular weight excluding hydrogens is 451 g/mol. The molecule has 1 aromatic carbocycles. The normalized spacial score (nSPS) is 18.3. The summed E-state index contributed by atoms with van der Waals surface area (Å²) in [7, 11) is 1.79. The molecule has 2 heterocycles. The zero-order valence-electron chi connectivity index (χ0n) is 20.4. The molecule has 1 aliphatic heterocycles. The van der Waals surface area contributed by atoms with Crippen LogP contribution in [0.3, 0.4) is 0 Å². The quantitative estimate of drug-likeness (QED) is 0.721. The third-order valence-corrected chi connectivity index (χ3v) is 5.61. The molecule has 34 heavy (non-hydrogen) atoms. The van der Waals surface area contributed by atoms with Crippen LogP contribution in [0.2, 0.25) is 0 Å². The molecule has 0 bridgehead atoms. The van der Waals surface area contributed by atoms with Gasteiger partial charge in [-0.15, -0.1) is 0 Å². The summed E-state index contributed by atoms with van der Waals surface area (Å²) in [6, 6.07) is 6.32. The van der Waals surface area contributed by atoms with Crippen molar-refractivity contribution in [3.05, 3.63) is 30.0 Å². The maximum Gasteiger partial charge on any atom is 0.410 e. The second-order valence-corrected chi connectivity index (χ2v) is 10.1. The van der Waals surface area contributed by atoms with Crippen LogP contribution < -0.4 is 5.32 Å². The summed E-state index contributed by atoms with van der Waals surface area (Å²) in [4.78, 5) is 28.2. The number of benzene rings is 1. The van der Waals surface area contributed by atoms with E-state index in [0.29, 0.717) is 5.69 Å².